The van der Waals surface area contributed by atoms with E-state index in [0.717, 1.165) is 11.1 Å². The van der Waals surface area contributed by atoms with Crippen LogP contribution < -0.4 is 0 Å². The highest BCUT2D eigenvalue weighted by Crippen LogP contribution is 2.39. The fourth-order valence-corrected chi connectivity index (χ4v) is 3.41. The van der Waals surface area contributed by atoms with Crippen LogP contribution in [0.5, 0.6) is 0 Å². The molecule has 1 N–H and O–H groups in total. The Hall–Kier alpha value is -3.02. The summed E-state index contributed by atoms with van der Waals surface area (Å²) < 4.78 is 0. The molecule has 6 nitrogen and oxygen atoms in total. The zero-order valence-electron chi connectivity index (χ0n) is 18.1. The van der Waals surface area contributed by atoms with Crippen LogP contribution >= 0.6 is 0 Å². The number of nitro groups is 1. The first-order valence-electron chi connectivity index (χ1n) is 10.0. The van der Waals surface area contributed by atoms with Gasteiger partial charge in [-0.3, -0.25) is 19.7 Å². The molecule has 0 unspecified atom stereocenters. The van der Waals surface area contributed by atoms with Gasteiger partial charge in [0.25, 0.3) is 5.69 Å². The van der Waals surface area contributed by atoms with Crippen LogP contribution in [0.15, 0.2) is 48.5 Å². The second-order valence-corrected chi connectivity index (χ2v) is 8.97. The fraction of sp³-hybridized carbons (Fsp3) is 0.417. The van der Waals surface area contributed by atoms with Crippen molar-refractivity contribution in [3.8, 4) is 0 Å². The molecule has 0 aliphatic heterocycles. The summed E-state index contributed by atoms with van der Waals surface area (Å²) in [6.45, 7) is 9.60. The Morgan fingerprint density at radius 1 is 0.933 bits per heavy atom. The molecule has 160 valence electrons. The SMILES string of the molecule is CC(C)c1ccc([C@H](CC(=O)C(C)(C)C)[C@H](C(=O)O)c2ccc([N+](=O)[O-])cc2)cc1. The summed E-state index contributed by atoms with van der Waals surface area (Å²) in [6.07, 6.45) is 0.0679. The molecule has 0 heterocycles. The van der Waals surface area contributed by atoms with Crippen LogP contribution in [0.1, 0.15) is 75.5 Å². The monoisotopic (exact) mass is 411 g/mol. The summed E-state index contributed by atoms with van der Waals surface area (Å²) in [5, 5.41) is 21.0. The van der Waals surface area contributed by atoms with Gasteiger partial charge in [-0.15, -0.1) is 0 Å². The van der Waals surface area contributed by atoms with Crippen LogP contribution in [0.25, 0.3) is 0 Å². The van der Waals surface area contributed by atoms with Gasteiger partial charge >= 0.3 is 5.97 Å². The van der Waals surface area contributed by atoms with Crippen molar-refractivity contribution in [1.29, 1.82) is 0 Å². The van der Waals surface area contributed by atoms with Crippen molar-refractivity contribution in [3.63, 3.8) is 0 Å². The molecule has 0 bridgehead atoms. The third-order valence-corrected chi connectivity index (χ3v) is 5.40. The topological polar surface area (TPSA) is 97.5 Å². The lowest BCUT2D eigenvalue weighted by Crippen LogP contribution is -2.27. The number of aliphatic carboxylic acids is 1. The predicted octanol–water partition coefficient (Wildman–Crippen LogP) is 5.68. The minimum atomic E-state index is -1.07. The van der Waals surface area contributed by atoms with E-state index in [2.05, 4.69) is 13.8 Å². The Morgan fingerprint density at radius 3 is 1.80 bits per heavy atom. The second-order valence-electron chi connectivity index (χ2n) is 8.97. The van der Waals surface area contributed by atoms with Crippen molar-refractivity contribution < 1.29 is 19.6 Å². The molecule has 0 spiro atoms. The quantitative estimate of drug-likeness (QED) is 0.445. The Labute approximate surface area is 177 Å². The van der Waals surface area contributed by atoms with Crippen molar-refractivity contribution in [2.45, 2.75) is 58.8 Å². The number of ketones is 1. The van der Waals surface area contributed by atoms with Gasteiger partial charge in [0.15, 0.2) is 0 Å². The highest BCUT2D eigenvalue weighted by Gasteiger charge is 2.35. The number of Topliss-reactive ketones (excluding diaryl/α,β-unsaturated/α-hetero) is 1. The first kappa shape index (κ1) is 23.3. The van der Waals surface area contributed by atoms with E-state index in [9.17, 15) is 24.8 Å². The highest BCUT2D eigenvalue weighted by atomic mass is 16.6. The minimum absolute atomic E-state index is 0.0337. The van der Waals surface area contributed by atoms with E-state index in [1.54, 1.807) is 0 Å². The molecule has 6 heteroatoms. The second kappa shape index (κ2) is 9.20. The number of rotatable bonds is 8. The Kier molecular flexibility index (Phi) is 7.13. The molecule has 0 aliphatic rings. The number of nitrogens with zero attached hydrogens (tertiary/aromatic N) is 1. The van der Waals surface area contributed by atoms with Gasteiger partial charge in [0, 0.05) is 29.9 Å². The molecule has 2 aromatic rings. The van der Waals surface area contributed by atoms with E-state index < -0.39 is 28.1 Å². The molecule has 2 atom stereocenters. The summed E-state index contributed by atoms with van der Waals surface area (Å²) in [6, 6.07) is 13.2. The highest BCUT2D eigenvalue weighted by molar-refractivity contribution is 5.86. The molecule has 0 aliphatic carbocycles. The first-order valence-corrected chi connectivity index (χ1v) is 10.0. The number of carboxylic acid groups (broad SMARTS) is 1. The summed E-state index contributed by atoms with van der Waals surface area (Å²) >= 11 is 0. The zero-order valence-corrected chi connectivity index (χ0v) is 18.1. The van der Waals surface area contributed by atoms with Crippen molar-refractivity contribution in [1.82, 2.24) is 0 Å². The number of non-ortho nitro benzene ring substituents is 1. The van der Waals surface area contributed by atoms with Gasteiger partial charge in [-0.2, -0.15) is 0 Å². The largest absolute Gasteiger partial charge is 0.481 e. The van der Waals surface area contributed by atoms with Crippen LogP contribution in [0.4, 0.5) is 5.69 Å². The van der Waals surface area contributed by atoms with E-state index in [4.69, 9.17) is 0 Å². The number of benzene rings is 2. The number of hydrogen-bond acceptors (Lipinski definition) is 4. The zero-order chi connectivity index (χ0) is 22.6. The molecular weight excluding hydrogens is 382 g/mol. The minimum Gasteiger partial charge on any atom is -0.481 e. The Balaban J connectivity index is 2.54. The normalized spacial score (nSPS) is 13.7. The van der Waals surface area contributed by atoms with Gasteiger partial charge in [-0.05, 0) is 22.6 Å². The van der Waals surface area contributed by atoms with Crippen molar-refractivity contribution in [3.05, 3.63) is 75.3 Å². The van der Waals surface area contributed by atoms with E-state index in [1.165, 1.54) is 24.3 Å². The van der Waals surface area contributed by atoms with Crippen LogP contribution in [0.2, 0.25) is 0 Å². The van der Waals surface area contributed by atoms with E-state index in [1.807, 2.05) is 45.0 Å². The van der Waals surface area contributed by atoms with Gasteiger partial charge in [0.2, 0.25) is 0 Å². The molecule has 0 aromatic heterocycles. The van der Waals surface area contributed by atoms with Crippen molar-refractivity contribution >= 4 is 17.4 Å². The Morgan fingerprint density at radius 2 is 1.40 bits per heavy atom. The number of carbonyl (C=O) groups excluding carboxylic acids is 1. The van der Waals surface area contributed by atoms with Crippen LogP contribution in [-0.2, 0) is 9.59 Å². The number of hydrogen-bond donors (Lipinski definition) is 1. The van der Waals surface area contributed by atoms with E-state index in [0.29, 0.717) is 11.5 Å². The molecular formula is C24H29NO5. The third kappa shape index (κ3) is 5.53. The third-order valence-electron chi connectivity index (χ3n) is 5.40. The first-order chi connectivity index (χ1) is 13.9. The molecule has 0 saturated heterocycles. The van der Waals surface area contributed by atoms with Crippen molar-refractivity contribution in [2.24, 2.45) is 5.41 Å². The van der Waals surface area contributed by atoms with Crippen molar-refractivity contribution in [2.75, 3.05) is 0 Å². The number of carboxylic acids is 1. The molecule has 0 amide bonds. The predicted molar refractivity (Wildman–Crippen MR) is 116 cm³/mol. The lowest BCUT2D eigenvalue weighted by atomic mass is 9.75. The van der Waals surface area contributed by atoms with Gasteiger partial charge in [-0.1, -0.05) is 71.0 Å². The fourth-order valence-electron chi connectivity index (χ4n) is 3.41. The lowest BCUT2D eigenvalue weighted by Gasteiger charge is -2.27. The Bertz CT molecular complexity index is 908. The summed E-state index contributed by atoms with van der Waals surface area (Å²) in [5.41, 5.74) is 1.62. The maximum absolute atomic E-state index is 12.8. The smallest absolute Gasteiger partial charge is 0.311 e. The standard InChI is InChI=1S/C24H29NO5/c1-15(2)16-6-8-17(9-7-16)20(14-21(26)24(3,4)5)22(23(27)28)18-10-12-19(13-11-18)25(29)30/h6-13,15,20,22H,14H2,1-5H3,(H,27,28)/t20-,22+/m0/s1. The number of carbonyl (C=O) groups is 2. The lowest BCUT2D eigenvalue weighted by molar-refractivity contribution is -0.384. The summed E-state index contributed by atoms with van der Waals surface area (Å²) in [4.78, 5) is 35.6. The molecule has 2 rings (SSSR count). The van der Waals surface area contributed by atoms with Gasteiger partial charge in [0.05, 0.1) is 10.8 Å². The number of nitro benzene ring substituents is 1. The maximum Gasteiger partial charge on any atom is 0.311 e. The average molecular weight is 411 g/mol. The molecule has 0 radical (unpaired) electrons. The molecule has 2 aromatic carbocycles. The maximum atomic E-state index is 12.8. The van der Waals surface area contributed by atoms with Crippen LogP contribution in [-0.4, -0.2) is 21.8 Å². The van der Waals surface area contributed by atoms with E-state index in [-0.39, 0.29) is 17.9 Å². The molecule has 0 saturated carbocycles. The molecule has 0 fully saturated rings. The van der Waals surface area contributed by atoms with Gasteiger partial charge in [-0.25, -0.2) is 0 Å². The van der Waals surface area contributed by atoms with Crippen LogP contribution in [0, 0.1) is 15.5 Å². The summed E-state index contributed by atoms with van der Waals surface area (Å²) in [7, 11) is 0. The summed E-state index contributed by atoms with van der Waals surface area (Å²) in [5.74, 6) is -2.35. The van der Waals surface area contributed by atoms with E-state index >= 15 is 0 Å². The van der Waals surface area contributed by atoms with Crippen LogP contribution in [0.3, 0.4) is 0 Å². The molecule has 30 heavy (non-hydrogen) atoms. The average Bonchev–Trinajstić information content (AvgIpc) is 2.66. The van der Waals surface area contributed by atoms with Gasteiger partial charge in [0.1, 0.15) is 5.78 Å². The van der Waals surface area contributed by atoms with Gasteiger partial charge < -0.3 is 5.11 Å².